The van der Waals surface area contributed by atoms with Gasteiger partial charge in [-0.2, -0.15) is 0 Å². The predicted octanol–water partition coefficient (Wildman–Crippen LogP) is 2.72. The molecule has 1 unspecified atom stereocenters. The number of pyridine rings is 1. The molecule has 0 aliphatic rings. The number of rotatable bonds is 7. The van der Waals surface area contributed by atoms with Crippen LogP contribution in [0.1, 0.15) is 27.9 Å². The van der Waals surface area contributed by atoms with E-state index in [-0.39, 0.29) is 12.5 Å². The number of benzene rings is 1. The lowest BCUT2D eigenvalue weighted by atomic mass is 10.1. The molecule has 0 saturated heterocycles. The second-order valence-corrected chi connectivity index (χ2v) is 5.36. The first-order chi connectivity index (χ1) is 12.3. The average Bonchev–Trinajstić information content (AvgIpc) is 3.20. The first kappa shape index (κ1) is 16.7. The molecule has 2 heterocycles. The lowest BCUT2D eigenvalue weighted by molar-refractivity contribution is 0.0907. The van der Waals surface area contributed by atoms with Crippen LogP contribution >= 0.6 is 0 Å². The van der Waals surface area contributed by atoms with Crippen LogP contribution in [0.5, 0.6) is 5.75 Å². The van der Waals surface area contributed by atoms with Gasteiger partial charge in [0.1, 0.15) is 24.2 Å². The maximum absolute atomic E-state index is 12.3. The van der Waals surface area contributed by atoms with E-state index in [1.54, 1.807) is 42.6 Å². The molecule has 0 aliphatic carbocycles. The second kappa shape index (κ2) is 8.12. The van der Waals surface area contributed by atoms with E-state index < -0.39 is 6.04 Å². The number of aliphatic hydroxyl groups is 1. The number of aliphatic hydroxyl groups excluding tert-OH is 1. The Morgan fingerprint density at radius 2 is 2.00 bits per heavy atom. The summed E-state index contributed by atoms with van der Waals surface area (Å²) in [7, 11) is 0. The van der Waals surface area contributed by atoms with Gasteiger partial charge >= 0.3 is 0 Å². The Kier molecular flexibility index (Phi) is 5.43. The van der Waals surface area contributed by atoms with Crippen LogP contribution in [0.3, 0.4) is 0 Å². The van der Waals surface area contributed by atoms with E-state index in [9.17, 15) is 9.90 Å². The zero-order chi connectivity index (χ0) is 17.5. The molecule has 25 heavy (non-hydrogen) atoms. The molecular formula is C19H18N2O4. The summed E-state index contributed by atoms with van der Waals surface area (Å²) in [4.78, 5) is 16.5. The van der Waals surface area contributed by atoms with Gasteiger partial charge in [0, 0.05) is 11.8 Å². The van der Waals surface area contributed by atoms with Gasteiger partial charge in [-0.25, -0.2) is 0 Å². The van der Waals surface area contributed by atoms with E-state index in [0.29, 0.717) is 23.7 Å². The van der Waals surface area contributed by atoms with E-state index in [2.05, 4.69) is 10.3 Å². The SMILES string of the molecule is O=C(NC(CO)c1ccco1)c1ccc(OCc2ccccn2)cc1. The maximum atomic E-state index is 12.3. The summed E-state index contributed by atoms with van der Waals surface area (Å²) < 4.78 is 10.9. The topological polar surface area (TPSA) is 84.6 Å². The van der Waals surface area contributed by atoms with Crippen LogP contribution in [-0.2, 0) is 6.61 Å². The largest absolute Gasteiger partial charge is 0.487 e. The molecule has 2 N–H and O–H groups in total. The van der Waals surface area contributed by atoms with Crippen molar-refractivity contribution in [2.24, 2.45) is 0 Å². The third-order valence-electron chi connectivity index (χ3n) is 3.60. The van der Waals surface area contributed by atoms with Crippen molar-refractivity contribution < 1.29 is 19.1 Å². The summed E-state index contributed by atoms with van der Waals surface area (Å²) in [6.45, 7) is 0.113. The Balaban J connectivity index is 1.58. The number of aromatic nitrogens is 1. The van der Waals surface area contributed by atoms with Crippen molar-refractivity contribution in [2.45, 2.75) is 12.6 Å². The fourth-order valence-corrected chi connectivity index (χ4v) is 2.28. The van der Waals surface area contributed by atoms with Gasteiger partial charge in [0.05, 0.1) is 18.6 Å². The molecule has 0 aliphatic heterocycles. The van der Waals surface area contributed by atoms with Crippen LogP contribution in [0.2, 0.25) is 0 Å². The molecule has 0 bridgehead atoms. The maximum Gasteiger partial charge on any atom is 0.251 e. The number of carbonyl (C=O) groups is 1. The van der Waals surface area contributed by atoms with Crippen molar-refractivity contribution in [1.82, 2.24) is 10.3 Å². The van der Waals surface area contributed by atoms with E-state index in [4.69, 9.17) is 9.15 Å². The second-order valence-electron chi connectivity index (χ2n) is 5.36. The molecule has 2 aromatic heterocycles. The van der Waals surface area contributed by atoms with Crippen LogP contribution in [0.15, 0.2) is 71.5 Å². The van der Waals surface area contributed by atoms with Crippen LogP contribution < -0.4 is 10.1 Å². The smallest absolute Gasteiger partial charge is 0.251 e. The molecule has 6 nitrogen and oxygen atoms in total. The molecule has 0 spiro atoms. The fourth-order valence-electron chi connectivity index (χ4n) is 2.28. The third kappa shape index (κ3) is 4.45. The number of hydrogen-bond acceptors (Lipinski definition) is 5. The van der Waals surface area contributed by atoms with Gasteiger partial charge in [-0.15, -0.1) is 0 Å². The standard InChI is InChI=1S/C19H18N2O4/c22-12-17(18-5-3-11-24-18)21-19(23)14-6-8-16(9-7-14)25-13-15-4-1-2-10-20-15/h1-11,17,22H,12-13H2,(H,21,23). The van der Waals surface area contributed by atoms with E-state index in [1.165, 1.54) is 6.26 Å². The van der Waals surface area contributed by atoms with Gasteiger partial charge in [-0.05, 0) is 48.5 Å². The molecule has 1 aromatic carbocycles. The van der Waals surface area contributed by atoms with E-state index in [0.717, 1.165) is 5.69 Å². The van der Waals surface area contributed by atoms with Crippen LogP contribution in [0, 0.1) is 0 Å². The minimum absolute atomic E-state index is 0.246. The molecule has 0 fully saturated rings. The van der Waals surface area contributed by atoms with Crippen molar-refractivity contribution in [3.05, 3.63) is 84.1 Å². The van der Waals surface area contributed by atoms with E-state index >= 15 is 0 Å². The van der Waals surface area contributed by atoms with Crippen molar-refractivity contribution in [2.75, 3.05) is 6.61 Å². The Hall–Kier alpha value is -3.12. The Morgan fingerprint density at radius 3 is 2.64 bits per heavy atom. The number of hydrogen-bond donors (Lipinski definition) is 2. The van der Waals surface area contributed by atoms with E-state index in [1.807, 2.05) is 18.2 Å². The molecule has 128 valence electrons. The van der Waals surface area contributed by atoms with Gasteiger partial charge in [-0.3, -0.25) is 9.78 Å². The summed E-state index contributed by atoms with van der Waals surface area (Å²) in [5, 5.41) is 12.1. The predicted molar refractivity (Wildman–Crippen MR) is 91.0 cm³/mol. The lowest BCUT2D eigenvalue weighted by Gasteiger charge is -2.14. The van der Waals surface area contributed by atoms with Gasteiger partial charge in [0.15, 0.2) is 0 Å². The average molecular weight is 338 g/mol. The number of amides is 1. The van der Waals surface area contributed by atoms with Crippen molar-refractivity contribution in [3.63, 3.8) is 0 Å². The molecule has 3 rings (SSSR count). The number of nitrogens with one attached hydrogen (secondary N) is 1. The molecule has 1 atom stereocenters. The Bertz CT molecular complexity index is 786. The Morgan fingerprint density at radius 1 is 1.16 bits per heavy atom. The first-order valence-electron chi connectivity index (χ1n) is 7.84. The van der Waals surface area contributed by atoms with Gasteiger partial charge in [0.2, 0.25) is 0 Å². The quantitative estimate of drug-likeness (QED) is 0.692. The third-order valence-corrected chi connectivity index (χ3v) is 3.60. The number of ether oxygens (including phenoxy) is 1. The zero-order valence-electron chi connectivity index (χ0n) is 13.5. The molecule has 3 aromatic rings. The summed E-state index contributed by atoms with van der Waals surface area (Å²) in [6.07, 6.45) is 3.21. The molecule has 0 saturated carbocycles. The number of carbonyl (C=O) groups excluding carboxylic acids is 1. The summed E-state index contributed by atoms with van der Waals surface area (Å²) in [6, 6.07) is 15.2. The lowest BCUT2D eigenvalue weighted by Crippen LogP contribution is -2.30. The highest BCUT2D eigenvalue weighted by Crippen LogP contribution is 2.16. The van der Waals surface area contributed by atoms with Gasteiger partial charge < -0.3 is 19.6 Å². The summed E-state index contributed by atoms with van der Waals surface area (Å²) in [5.41, 5.74) is 1.30. The molecule has 1 amide bonds. The van der Waals surface area contributed by atoms with Gasteiger partial charge in [-0.1, -0.05) is 6.07 Å². The highest BCUT2D eigenvalue weighted by atomic mass is 16.5. The highest BCUT2D eigenvalue weighted by Gasteiger charge is 2.17. The summed E-state index contributed by atoms with van der Waals surface area (Å²) >= 11 is 0. The minimum atomic E-state index is -0.581. The number of furan rings is 1. The van der Waals surface area contributed by atoms with Crippen LogP contribution in [0.25, 0.3) is 0 Å². The minimum Gasteiger partial charge on any atom is -0.487 e. The first-order valence-corrected chi connectivity index (χ1v) is 7.84. The van der Waals surface area contributed by atoms with Crippen LogP contribution in [0.4, 0.5) is 0 Å². The summed E-state index contributed by atoms with van der Waals surface area (Å²) in [5.74, 6) is 0.852. The highest BCUT2D eigenvalue weighted by molar-refractivity contribution is 5.94. The normalized spacial score (nSPS) is 11.7. The van der Waals surface area contributed by atoms with Crippen molar-refractivity contribution >= 4 is 5.91 Å². The molecule has 0 radical (unpaired) electrons. The Labute approximate surface area is 145 Å². The zero-order valence-corrected chi connectivity index (χ0v) is 13.5. The van der Waals surface area contributed by atoms with Crippen LogP contribution in [-0.4, -0.2) is 22.6 Å². The molecular weight excluding hydrogens is 320 g/mol. The van der Waals surface area contributed by atoms with Gasteiger partial charge in [0.25, 0.3) is 5.91 Å². The van der Waals surface area contributed by atoms with Crippen molar-refractivity contribution in [1.29, 1.82) is 0 Å². The molecule has 6 heteroatoms. The number of nitrogens with zero attached hydrogens (tertiary/aromatic N) is 1. The monoisotopic (exact) mass is 338 g/mol. The van der Waals surface area contributed by atoms with Crippen molar-refractivity contribution in [3.8, 4) is 5.75 Å². The fraction of sp³-hybridized carbons (Fsp3) is 0.158.